The summed E-state index contributed by atoms with van der Waals surface area (Å²) in [5, 5.41) is 11.8. The minimum absolute atomic E-state index is 0.0467. The lowest BCUT2D eigenvalue weighted by molar-refractivity contribution is -0.137. The van der Waals surface area contributed by atoms with Gasteiger partial charge in [0.2, 0.25) is 5.91 Å². The number of hydrogen-bond donors (Lipinski definition) is 2. The summed E-state index contributed by atoms with van der Waals surface area (Å²) in [6.07, 6.45) is 6.68. The van der Waals surface area contributed by atoms with Crippen LogP contribution in [0.25, 0.3) is 0 Å². The second kappa shape index (κ2) is 14.0. The van der Waals surface area contributed by atoms with Crippen LogP contribution in [0.2, 0.25) is 0 Å². The summed E-state index contributed by atoms with van der Waals surface area (Å²) in [7, 11) is 3.73. The van der Waals surface area contributed by atoms with Gasteiger partial charge in [0.1, 0.15) is 5.75 Å². The molecule has 0 bridgehead atoms. The molecule has 0 saturated heterocycles. The number of carbonyl (C=O) groups is 2. The van der Waals surface area contributed by atoms with Crippen LogP contribution in [0.3, 0.4) is 0 Å². The van der Waals surface area contributed by atoms with Gasteiger partial charge in [-0.1, -0.05) is 43.9 Å². The van der Waals surface area contributed by atoms with Crippen molar-refractivity contribution in [1.82, 2.24) is 10.2 Å². The molecule has 1 aromatic carbocycles. The van der Waals surface area contributed by atoms with Crippen LogP contribution in [-0.4, -0.2) is 55.2 Å². The van der Waals surface area contributed by atoms with E-state index in [2.05, 4.69) is 5.32 Å². The van der Waals surface area contributed by atoms with E-state index in [-0.39, 0.29) is 18.4 Å². The molecule has 1 atom stereocenters. The van der Waals surface area contributed by atoms with Gasteiger partial charge in [-0.2, -0.15) is 0 Å². The predicted molar refractivity (Wildman–Crippen MR) is 107 cm³/mol. The lowest BCUT2D eigenvalue weighted by atomic mass is 10.1. The van der Waals surface area contributed by atoms with E-state index in [0.29, 0.717) is 13.0 Å². The summed E-state index contributed by atoms with van der Waals surface area (Å²) in [5.41, 5.74) is 0. The van der Waals surface area contributed by atoms with Crippen LogP contribution >= 0.6 is 0 Å². The molecule has 0 aliphatic rings. The van der Waals surface area contributed by atoms with Gasteiger partial charge < -0.3 is 20.1 Å². The molecular weight excluding hydrogens is 344 g/mol. The smallest absolute Gasteiger partial charge is 0.305 e. The highest BCUT2D eigenvalue weighted by atomic mass is 16.5. The van der Waals surface area contributed by atoms with Crippen LogP contribution in [0.1, 0.15) is 51.4 Å². The van der Waals surface area contributed by atoms with Gasteiger partial charge in [0, 0.05) is 13.0 Å². The minimum Gasteiger partial charge on any atom is -0.494 e. The molecule has 152 valence electrons. The summed E-state index contributed by atoms with van der Waals surface area (Å²) < 4.78 is 5.66. The van der Waals surface area contributed by atoms with Gasteiger partial charge in [-0.05, 0) is 39.1 Å². The number of carbonyl (C=O) groups excluding carboxylic acids is 1. The number of unbranched alkanes of at least 4 members (excludes halogenated alkanes) is 5. The number of carboxylic acid groups (broad SMARTS) is 1. The first kappa shape index (κ1) is 23.0. The predicted octanol–water partition coefficient (Wildman–Crippen LogP) is 3.32. The minimum atomic E-state index is -0.890. The maximum Gasteiger partial charge on any atom is 0.305 e. The molecule has 0 saturated carbocycles. The summed E-state index contributed by atoms with van der Waals surface area (Å²) in [4.78, 5) is 24.8. The molecule has 0 aliphatic carbocycles. The third-order valence-corrected chi connectivity index (χ3v) is 4.18. The highest BCUT2D eigenvalue weighted by molar-refractivity contribution is 5.77. The first-order valence-electron chi connectivity index (χ1n) is 9.81. The van der Waals surface area contributed by atoms with Gasteiger partial charge in [-0.15, -0.1) is 0 Å². The lowest BCUT2D eigenvalue weighted by Gasteiger charge is -2.20. The van der Waals surface area contributed by atoms with Crippen LogP contribution in [0.15, 0.2) is 30.3 Å². The molecule has 0 aliphatic heterocycles. The van der Waals surface area contributed by atoms with E-state index >= 15 is 0 Å². The molecular formula is C21H34N2O4. The average Bonchev–Trinajstić information content (AvgIpc) is 2.60. The highest BCUT2D eigenvalue weighted by Gasteiger charge is 2.16. The summed E-state index contributed by atoms with van der Waals surface area (Å²) in [6, 6.07) is 9.50. The second-order valence-corrected chi connectivity index (χ2v) is 7.16. The molecule has 2 N–H and O–H groups in total. The first-order valence-corrected chi connectivity index (χ1v) is 9.81. The molecule has 1 unspecified atom stereocenters. The molecule has 0 radical (unpaired) electrons. The van der Waals surface area contributed by atoms with Gasteiger partial charge in [0.25, 0.3) is 0 Å². The lowest BCUT2D eigenvalue weighted by Crippen LogP contribution is -2.42. The van der Waals surface area contributed by atoms with E-state index in [1.165, 1.54) is 0 Å². The molecule has 0 spiro atoms. The van der Waals surface area contributed by atoms with Crippen molar-refractivity contribution >= 4 is 11.9 Å². The number of para-hydroxylation sites is 1. The molecule has 6 nitrogen and oxygen atoms in total. The molecule has 1 aromatic rings. The first-order chi connectivity index (χ1) is 13.0. The zero-order valence-corrected chi connectivity index (χ0v) is 16.7. The van der Waals surface area contributed by atoms with E-state index in [1.807, 2.05) is 49.3 Å². The van der Waals surface area contributed by atoms with Crippen LogP contribution in [-0.2, 0) is 9.59 Å². The third kappa shape index (κ3) is 12.8. The van der Waals surface area contributed by atoms with Crippen molar-refractivity contribution < 1.29 is 19.4 Å². The fraction of sp³-hybridized carbons (Fsp3) is 0.619. The number of amides is 1. The van der Waals surface area contributed by atoms with Crippen LogP contribution < -0.4 is 10.1 Å². The Kier molecular flexibility index (Phi) is 11.9. The highest BCUT2D eigenvalue weighted by Crippen LogP contribution is 2.11. The van der Waals surface area contributed by atoms with Gasteiger partial charge >= 0.3 is 5.97 Å². The number of likely N-dealkylation sites (N-methyl/N-ethyl adjacent to an activating group) is 1. The van der Waals surface area contributed by atoms with Gasteiger partial charge in [0.15, 0.2) is 0 Å². The third-order valence-electron chi connectivity index (χ3n) is 4.18. The summed E-state index contributed by atoms with van der Waals surface area (Å²) in [5.74, 6) is -0.0308. The van der Waals surface area contributed by atoms with Crippen molar-refractivity contribution in [3.05, 3.63) is 30.3 Å². The number of hydrogen-bond acceptors (Lipinski definition) is 4. The maximum absolute atomic E-state index is 12.0. The van der Waals surface area contributed by atoms with Crippen LogP contribution in [0.4, 0.5) is 0 Å². The monoisotopic (exact) mass is 378 g/mol. The second-order valence-electron chi connectivity index (χ2n) is 7.16. The fourth-order valence-corrected chi connectivity index (χ4v) is 2.91. The van der Waals surface area contributed by atoms with Gasteiger partial charge in [-0.25, -0.2) is 0 Å². The Balaban J connectivity index is 2.01. The molecule has 0 fully saturated rings. The standard InChI is InChI=1S/C21H34N2O4/c1-23(2)17-18(16-21(25)26)22-20(24)14-10-5-3-4-6-11-15-27-19-12-8-7-9-13-19/h7-9,12-13,18H,3-6,10-11,14-17H2,1-2H3,(H,22,24)(H,25,26). The average molecular weight is 379 g/mol. The number of ether oxygens (including phenoxy) is 1. The number of benzene rings is 1. The Labute approximate surface area is 162 Å². The molecule has 0 heterocycles. The van der Waals surface area contributed by atoms with E-state index < -0.39 is 5.97 Å². The van der Waals surface area contributed by atoms with Crippen molar-refractivity contribution in [3.63, 3.8) is 0 Å². The number of nitrogens with one attached hydrogen (secondary N) is 1. The van der Waals surface area contributed by atoms with Crippen molar-refractivity contribution in [3.8, 4) is 5.75 Å². The molecule has 27 heavy (non-hydrogen) atoms. The quantitative estimate of drug-likeness (QED) is 0.458. The van der Waals surface area contributed by atoms with Crippen LogP contribution in [0.5, 0.6) is 5.75 Å². The van der Waals surface area contributed by atoms with E-state index in [1.54, 1.807) is 0 Å². The fourth-order valence-electron chi connectivity index (χ4n) is 2.91. The largest absolute Gasteiger partial charge is 0.494 e. The SMILES string of the molecule is CN(C)CC(CC(=O)O)NC(=O)CCCCCCCCOc1ccccc1. The zero-order valence-electron chi connectivity index (χ0n) is 16.7. The van der Waals surface area contributed by atoms with Gasteiger partial charge in [-0.3, -0.25) is 9.59 Å². The Hall–Kier alpha value is -2.08. The number of aliphatic carboxylic acids is 1. The maximum atomic E-state index is 12.0. The zero-order chi connectivity index (χ0) is 19.9. The summed E-state index contributed by atoms with van der Waals surface area (Å²) >= 11 is 0. The topological polar surface area (TPSA) is 78.9 Å². The van der Waals surface area contributed by atoms with Crippen molar-refractivity contribution in [2.75, 3.05) is 27.2 Å². The normalized spacial score (nSPS) is 12.0. The van der Waals surface area contributed by atoms with Crippen molar-refractivity contribution in [2.24, 2.45) is 0 Å². The molecule has 0 aromatic heterocycles. The van der Waals surface area contributed by atoms with Crippen molar-refractivity contribution in [1.29, 1.82) is 0 Å². The Morgan fingerprint density at radius 3 is 2.30 bits per heavy atom. The summed E-state index contributed by atoms with van der Waals surface area (Å²) in [6.45, 7) is 1.27. The molecule has 1 amide bonds. The Bertz CT molecular complexity index is 534. The number of carboxylic acids is 1. The number of rotatable bonds is 15. The molecule has 1 rings (SSSR count). The van der Waals surface area contributed by atoms with E-state index in [4.69, 9.17) is 9.84 Å². The van der Waals surface area contributed by atoms with E-state index in [9.17, 15) is 9.59 Å². The molecule has 6 heteroatoms. The Morgan fingerprint density at radius 1 is 1.04 bits per heavy atom. The van der Waals surface area contributed by atoms with Gasteiger partial charge in [0.05, 0.1) is 19.1 Å². The van der Waals surface area contributed by atoms with E-state index in [0.717, 1.165) is 50.9 Å². The van der Waals surface area contributed by atoms with Crippen LogP contribution in [0, 0.1) is 0 Å². The number of nitrogens with zero attached hydrogens (tertiary/aromatic N) is 1. The van der Waals surface area contributed by atoms with Crippen molar-refractivity contribution in [2.45, 2.75) is 57.4 Å². The Morgan fingerprint density at radius 2 is 1.67 bits per heavy atom.